The lowest BCUT2D eigenvalue weighted by Crippen LogP contribution is -2.24. The monoisotopic (exact) mass is 272 g/mol. The number of hydrogen-bond donors (Lipinski definition) is 1. The van der Waals surface area contributed by atoms with Crippen LogP contribution in [0.1, 0.15) is 16.9 Å². The van der Waals surface area contributed by atoms with Crippen LogP contribution in [0.25, 0.3) is 0 Å². The predicted octanol–water partition coefficient (Wildman–Crippen LogP) is 2.43. The van der Waals surface area contributed by atoms with Crippen LogP contribution in [0.4, 0.5) is 0 Å². The second-order valence-corrected chi connectivity index (χ2v) is 4.32. The smallest absolute Gasteiger partial charge is 0.277 e. The average molecular weight is 272 g/mol. The second-order valence-electron chi connectivity index (χ2n) is 4.32. The highest BCUT2D eigenvalue weighted by Gasteiger charge is 2.06. The fourth-order valence-corrected chi connectivity index (χ4v) is 1.73. The minimum absolute atomic E-state index is 0.0822. The van der Waals surface area contributed by atoms with Gasteiger partial charge in [0.15, 0.2) is 6.61 Å². The van der Waals surface area contributed by atoms with Gasteiger partial charge in [-0.05, 0) is 37.1 Å². The number of nitrogens with zero attached hydrogens (tertiary/aromatic N) is 1. The lowest BCUT2D eigenvalue weighted by atomic mass is 10.1. The van der Waals surface area contributed by atoms with E-state index in [0.717, 1.165) is 16.9 Å². The Bertz CT molecular complexity index is 583. The first-order chi connectivity index (χ1) is 9.66. The third kappa shape index (κ3) is 3.71. The van der Waals surface area contributed by atoms with E-state index in [4.69, 9.17) is 9.15 Å². The maximum atomic E-state index is 11.6. The summed E-state index contributed by atoms with van der Waals surface area (Å²) in [5.74, 6) is 0.981. The van der Waals surface area contributed by atoms with E-state index in [0.29, 0.717) is 5.76 Å². The molecular weight excluding hydrogens is 256 g/mol. The molecule has 1 aromatic heterocycles. The van der Waals surface area contributed by atoms with Crippen molar-refractivity contribution in [2.75, 3.05) is 6.61 Å². The number of hydrogen-bond acceptors (Lipinski definition) is 4. The molecule has 0 bridgehead atoms. The quantitative estimate of drug-likeness (QED) is 0.671. The van der Waals surface area contributed by atoms with E-state index in [2.05, 4.69) is 10.5 Å². The summed E-state index contributed by atoms with van der Waals surface area (Å²) < 4.78 is 10.6. The Balaban J connectivity index is 1.83. The van der Waals surface area contributed by atoms with Gasteiger partial charge in [-0.15, -0.1) is 0 Å². The van der Waals surface area contributed by atoms with Gasteiger partial charge in [0.2, 0.25) is 0 Å². The van der Waals surface area contributed by atoms with Gasteiger partial charge in [0.25, 0.3) is 5.91 Å². The molecule has 1 N–H and O–H groups in total. The second kappa shape index (κ2) is 6.56. The summed E-state index contributed by atoms with van der Waals surface area (Å²) in [4.78, 5) is 11.6. The van der Waals surface area contributed by atoms with E-state index in [1.54, 1.807) is 12.1 Å². The van der Waals surface area contributed by atoms with Gasteiger partial charge < -0.3 is 9.15 Å². The molecule has 1 aromatic carbocycles. The van der Waals surface area contributed by atoms with Crippen LogP contribution in [-0.4, -0.2) is 18.7 Å². The van der Waals surface area contributed by atoms with Crippen molar-refractivity contribution in [3.63, 3.8) is 0 Å². The summed E-state index contributed by atoms with van der Waals surface area (Å²) in [5, 5.41) is 3.77. The number of hydrazone groups is 1. The van der Waals surface area contributed by atoms with Crippen LogP contribution in [0.15, 0.2) is 46.1 Å². The van der Waals surface area contributed by atoms with E-state index in [1.165, 1.54) is 12.5 Å². The van der Waals surface area contributed by atoms with E-state index >= 15 is 0 Å². The first-order valence-electron chi connectivity index (χ1n) is 6.21. The third-order valence-corrected chi connectivity index (χ3v) is 2.68. The van der Waals surface area contributed by atoms with Gasteiger partial charge >= 0.3 is 0 Å². The van der Waals surface area contributed by atoms with E-state index in [1.807, 2.05) is 32.0 Å². The first-order valence-corrected chi connectivity index (χ1v) is 6.21. The van der Waals surface area contributed by atoms with E-state index in [9.17, 15) is 4.79 Å². The zero-order valence-corrected chi connectivity index (χ0v) is 11.4. The Morgan fingerprint density at radius 3 is 2.70 bits per heavy atom. The highest BCUT2D eigenvalue weighted by atomic mass is 16.5. The van der Waals surface area contributed by atoms with Gasteiger partial charge in [-0.2, -0.15) is 5.10 Å². The maximum Gasteiger partial charge on any atom is 0.277 e. The maximum absolute atomic E-state index is 11.6. The molecule has 0 unspecified atom stereocenters. The summed E-state index contributed by atoms with van der Waals surface area (Å²) in [6, 6.07) is 9.31. The molecule has 0 atom stereocenters. The molecule has 0 fully saturated rings. The molecule has 2 aromatic rings. The zero-order chi connectivity index (χ0) is 14.4. The van der Waals surface area contributed by atoms with Crippen LogP contribution in [0.3, 0.4) is 0 Å². The summed E-state index contributed by atoms with van der Waals surface area (Å²) in [6.45, 7) is 3.80. The number of rotatable bonds is 5. The van der Waals surface area contributed by atoms with Crippen molar-refractivity contribution in [1.29, 1.82) is 0 Å². The summed E-state index contributed by atoms with van der Waals surface area (Å²) in [7, 11) is 0. The number of carbonyl (C=O) groups is 1. The fraction of sp³-hybridized carbons (Fsp3) is 0.200. The Morgan fingerprint density at radius 1 is 1.30 bits per heavy atom. The van der Waals surface area contributed by atoms with Crippen LogP contribution in [0, 0.1) is 13.8 Å². The Hall–Kier alpha value is -2.56. The zero-order valence-electron chi connectivity index (χ0n) is 11.4. The lowest BCUT2D eigenvalue weighted by molar-refractivity contribution is -0.123. The molecule has 5 nitrogen and oxygen atoms in total. The molecule has 0 saturated heterocycles. The van der Waals surface area contributed by atoms with Crippen molar-refractivity contribution >= 4 is 12.1 Å². The molecule has 0 spiro atoms. The molecule has 0 saturated carbocycles. The molecule has 0 aliphatic carbocycles. The normalized spacial score (nSPS) is 10.7. The number of benzene rings is 1. The number of carbonyl (C=O) groups excluding carboxylic acids is 1. The molecule has 104 valence electrons. The topological polar surface area (TPSA) is 63.8 Å². The minimum atomic E-state index is -0.324. The van der Waals surface area contributed by atoms with Crippen LogP contribution >= 0.6 is 0 Å². The molecular formula is C15H16N2O3. The van der Waals surface area contributed by atoms with Gasteiger partial charge in [0.05, 0.1) is 12.5 Å². The Kier molecular flexibility index (Phi) is 4.55. The van der Waals surface area contributed by atoms with E-state index in [-0.39, 0.29) is 12.5 Å². The fourth-order valence-electron chi connectivity index (χ4n) is 1.73. The summed E-state index contributed by atoms with van der Waals surface area (Å²) in [5.41, 5.74) is 4.37. The molecule has 1 amide bonds. The van der Waals surface area contributed by atoms with Gasteiger partial charge in [0.1, 0.15) is 11.5 Å². The summed E-state index contributed by atoms with van der Waals surface area (Å²) >= 11 is 0. The van der Waals surface area contributed by atoms with Crippen molar-refractivity contribution in [2.45, 2.75) is 13.8 Å². The molecule has 2 rings (SSSR count). The number of aryl methyl sites for hydroxylation is 2. The average Bonchev–Trinajstić information content (AvgIpc) is 2.91. The van der Waals surface area contributed by atoms with Crippen LogP contribution in [-0.2, 0) is 4.79 Å². The van der Waals surface area contributed by atoms with Gasteiger partial charge in [-0.25, -0.2) is 5.43 Å². The number of para-hydroxylation sites is 1. The predicted molar refractivity (Wildman–Crippen MR) is 75.9 cm³/mol. The highest BCUT2D eigenvalue weighted by Crippen LogP contribution is 2.21. The third-order valence-electron chi connectivity index (χ3n) is 2.68. The largest absolute Gasteiger partial charge is 0.483 e. The van der Waals surface area contributed by atoms with Crippen LogP contribution < -0.4 is 10.2 Å². The molecule has 0 aliphatic heterocycles. The van der Waals surface area contributed by atoms with E-state index < -0.39 is 0 Å². The Labute approximate surface area is 117 Å². The first kappa shape index (κ1) is 13.9. The summed E-state index contributed by atoms with van der Waals surface area (Å²) in [6.07, 6.45) is 2.96. The number of nitrogens with one attached hydrogen (secondary N) is 1. The van der Waals surface area contributed by atoms with Crippen molar-refractivity contribution < 1.29 is 13.9 Å². The standard InChI is InChI=1S/C15H16N2O3/c1-11-5-3-6-12(2)15(11)20-10-14(18)17-16-9-13-7-4-8-19-13/h3-9H,10H2,1-2H3,(H,17,18). The van der Waals surface area contributed by atoms with Crippen molar-refractivity contribution in [3.8, 4) is 5.75 Å². The molecule has 0 aliphatic rings. The molecule has 0 radical (unpaired) electrons. The number of furan rings is 1. The van der Waals surface area contributed by atoms with Gasteiger partial charge in [0, 0.05) is 0 Å². The molecule has 20 heavy (non-hydrogen) atoms. The van der Waals surface area contributed by atoms with Crippen LogP contribution in [0.5, 0.6) is 5.75 Å². The molecule has 5 heteroatoms. The van der Waals surface area contributed by atoms with Gasteiger partial charge in [-0.3, -0.25) is 4.79 Å². The minimum Gasteiger partial charge on any atom is -0.483 e. The van der Waals surface area contributed by atoms with Crippen molar-refractivity contribution in [3.05, 3.63) is 53.5 Å². The molecule has 1 heterocycles. The highest BCUT2D eigenvalue weighted by molar-refractivity contribution is 5.81. The lowest BCUT2D eigenvalue weighted by Gasteiger charge is -2.10. The van der Waals surface area contributed by atoms with Gasteiger partial charge in [-0.1, -0.05) is 18.2 Å². The van der Waals surface area contributed by atoms with Crippen molar-refractivity contribution in [2.24, 2.45) is 5.10 Å². The SMILES string of the molecule is Cc1cccc(C)c1OCC(=O)NN=Cc1ccco1. The number of ether oxygens (including phenoxy) is 1. The Morgan fingerprint density at radius 2 is 2.05 bits per heavy atom. The number of amides is 1. The van der Waals surface area contributed by atoms with Crippen molar-refractivity contribution in [1.82, 2.24) is 5.43 Å². The van der Waals surface area contributed by atoms with Crippen LogP contribution in [0.2, 0.25) is 0 Å².